The summed E-state index contributed by atoms with van der Waals surface area (Å²) in [4.78, 5) is 19.6. The molecular formula is C16H16ClN5O. The molecule has 0 saturated heterocycles. The van der Waals surface area contributed by atoms with Crippen molar-refractivity contribution in [3.63, 3.8) is 0 Å². The molecule has 0 saturated carbocycles. The summed E-state index contributed by atoms with van der Waals surface area (Å²) in [5, 5.41) is 6.71. The van der Waals surface area contributed by atoms with Gasteiger partial charge in [0.1, 0.15) is 11.8 Å². The van der Waals surface area contributed by atoms with Gasteiger partial charge in [-0.2, -0.15) is 0 Å². The molecule has 0 aliphatic rings. The standard InChI is InChI=1S/C16H16ClN5O/c1-11(23)18-6-8-22-7-5-14-15(22)16(20-10-19-14)21-13-4-2-3-12(17)9-13/h2-5,7,9-10H,6,8H2,1H3,(H,18,23)(H,19,20,21). The molecule has 0 fully saturated rings. The minimum Gasteiger partial charge on any atom is -0.355 e. The quantitative estimate of drug-likeness (QED) is 0.755. The minimum absolute atomic E-state index is 0.0463. The van der Waals surface area contributed by atoms with E-state index in [0.29, 0.717) is 23.9 Å². The van der Waals surface area contributed by atoms with E-state index in [1.165, 1.54) is 13.3 Å². The van der Waals surface area contributed by atoms with E-state index >= 15 is 0 Å². The van der Waals surface area contributed by atoms with Gasteiger partial charge >= 0.3 is 0 Å². The van der Waals surface area contributed by atoms with Gasteiger partial charge in [0.25, 0.3) is 0 Å². The van der Waals surface area contributed by atoms with Crippen LogP contribution in [0.15, 0.2) is 42.9 Å². The number of halogens is 1. The van der Waals surface area contributed by atoms with Crippen LogP contribution in [0.3, 0.4) is 0 Å². The highest BCUT2D eigenvalue weighted by atomic mass is 35.5. The number of anilines is 2. The van der Waals surface area contributed by atoms with Crippen LogP contribution >= 0.6 is 11.6 Å². The maximum atomic E-state index is 11.0. The van der Waals surface area contributed by atoms with E-state index in [1.54, 1.807) is 0 Å². The van der Waals surface area contributed by atoms with Crippen LogP contribution in [0.1, 0.15) is 6.92 Å². The number of nitrogens with one attached hydrogen (secondary N) is 2. The van der Waals surface area contributed by atoms with Crippen molar-refractivity contribution in [2.45, 2.75) is 13.5 Å². The number of hydrogen-bond acceptors (Lipinski definition) is 4. The molecule has 118 valence electrons. The van der Waals surface area contributed by atoms with Gasteiger partial charge in [0.05, 0.1) is 5.52 Å². The monoisotopic (exact) mass is 329 g/mol. The Hall–Kier alpha value is -2.60. The third-order valence-electron chi connectivity index (χ3n) is 3.36. The first-order valence-corrected chi connectivity index (χ1v) is 7.58. The number of hydrogen-bond donors (Lipinski definition) is 2. The molecule has 0 radical (unpaired) electrons. The number of nitrogens with zero attached hydrogens (tertiary/aromatic N) is 3. The van der Waals surface area contributed by atoms with Crippen LogP contribution in [0.5, 0.6) is 0 Å². The van der Waals surface area contributed by atoms with Crippen LogP contribution in [0, 0.1) is 0 Å². The topological polar surface area (TPSA) is 71.8 Å². The Morgan fingerprint density at radius 1 is 1.30 bits per heavy atom. The highest BCUT2D eigenvalue weighted by Gasteiger charge is 2.09. The number of rotatable bonds is 5. The van der Waals surface area contributed by atoms with Crippen molar-refractivity contribution < 1.29 is 4.79 Å². The van der Waals surface area contributed by atoms with Crippen molar-refractivity contribution in [2.75, 3.05) is 11.9 Å². The third-order valence-corrected chi connectivity index (χ3v) is 3.60. The lowest BCUT2D eigenvalue weighted by Crippen LogP contribution is -2.24. The van der Waals surface area contributed by atoms with E-state index in [-0.39, 0.29) is 5.91 Å². The molecule has 1 amide bonds. The fourth-order valence-electron chi connectivity index (χ4n) is 2.37. The van der Waals surface area contributed by atoms with Crippen molar-refractivity contribution in [3.8, 4) is 0 Å². The molecule has 2 heterocycles. The molecule has 2 N–H and O–H groups in total. The number of benzene rings is 1. The normalized spacial score (nSPS) is 10.7. The zero-order valence-corrected chi connectivity index (χ0v) is 13.3. The van der Waals surface area contributed by atoms with Crippen molar-refractivity contribution in [2.24, 2.45) is 0 Å². The van der Waals surface area contributed by atoms with Crippen LogP contribution in [0.25, 0.3) is 11.0 Å². The van der Waals surface area contributed by atoms with Crippen LogP contribution in [0.4, 0.5) is 11.5 Å². The Labute approximate surface area is 138 Å². The number of carbonyl (C=O) groups excluding carboxylic acids is 1. The lowest BCUT2D eigenvalue weighted by atomic mass is 10.3. The van der Waals surface area contributed by atoms with Gasteiger partial charge in [0.15, 0.2) is 5.82 Å². The summed E-state index contributed by atoms with van der Waals surface area (Å²) >= 11 is 6.02. The lowest BCUT2D eigenvalue weighted by molar-refractivity contribution is -0.118. The molecule has 3 aromatic rings. The predicted octanol–water partition coefficient (Wildman–Crippen LogP) is 2.96. The van der Waals surface area contributed by atoms with Gasteiger partial charge in [0.2, 0.25) is 5.91 Å². The molecule has 0 aliphatic carbocycles. The number of carbonyl (C=O) groups is 1. The lowest BCUT2D eigenvalue weighted by Gasteiger charge is -2.11. The van der Waals surface area contributed by atoms with Crippen LogP contribution in [-0.4, -0.2) is 27.0 Å². The van der Waals surface area contributed by atoms with Gasteiger partial charge in [0, 0.05) is 36.9 Å². The van der Waals surface area contributed by atoms with E-state index in [0.717, 1.165) is 16.7 Å². The Bertz CT molecular complexity index is 845. The smallest absolute Gasteiger partial charge is 0.216 e. The molecular weight excluding hydrogens is 314 g/mol. The van der Waals surface area contributed by atoms with Crippen molar-refractivity contribution in [1.82, 2.24) is 19.9 Å². The van der Waals surface area contributed by atoms with Gasteiger partial charge in [-0.3, -0.25) is 4.79 Å². The Kier molecular flexibility index (Phi) is 4.43. The highest BCUT2D eigenvalue weighted by Crippen LogP contribution is 2.25. The summed E-state index contributed by atoms with van der Waals surface area (Å²) in [6.07, 6.45) is 3.46. The van der Waals surface area contributed by atoms with E-state index in [1.807, 2.05) is 41.1 Å². The van der Waals surface area contributed by atoms with Crippen LogP contribution < -0.4 is 10.6 Å². The van der Waals surface area contributed by atoms with Gasteiger partial charge < -0.3 is 15.2 Å². The third kappa shape index (κ3) is 3.60. The summed E-state index contributed by atoms with van der Waals surface area (Å²) in [6, 6.07) is 9.37. The van der Waals surface area contributed by atoms with Crippen LogP contribution in [0.2, 0.25) is 5.02 Å². The largest absolute Gasteiger partial charge is 0.355 e. The molecule has 3 rings (SSSR count). The summed E-state index contributed by atoms with van der Waals surface area (Å²) in [5.41, 5.74) is 2.58. The van der Waals surface area contributed by atoms with E-state index in [4.69, 9.17) is 11.6 Å². The second kappa shape index (κ2) is 6.66. The molecule has 2 aromatic heterocycles. The minimum atomic E-state index is -0.0463. The fourth-order valence-corrected chi connectivity index (χ4v) is 2.56. The summed E-state index contributed by atoms with van der Waals surface area (Å²) in [5.74, 6) is 0.653. The molecule has 0 aliphatic heterocycles. The molecule has 0 spiro atoms. The highest BCUT2D eigenvalue weighted by molar-refractivity contribution is 6.30. The predicted molar refractivity (Wildman–Crippen MR) is 90.9 cm³/mol. The maximum absolute atomic E-state index is 11.0. The fraction of sp³-hybridized carbons (Fsp3) is 0.188. The summed E-state index contributed by atoms with van der Waals surface area (Å²) in [6.45, 7) is 2.69. The number of amides is 1. The van der Waals surface area contributed by atoms with Gasteiger partial charge in [-0.25, -0.2) is 9.97 Å². The zero-order valence-electron chi connectivity index (χ0n) is 12.6. The van der Waals surface area contributed by atoms with Crippen molar-refractivity contribution >= 4 is 40.0 Å². The van der Waals surface area contributed by atoms with Crippen molar-refractivity contribution in [1.29, 1.82) is 0 Å². The molecule has 0 bridgehead atoms. The van der Waals surface area contributed by atoms with Gasteiger partial charge in [-0.05, 0) is 24.3 Å². The Morgan fingerprint density at radius 2 is 2.17 bits per heavy atom. The summed E-state index contributed by atoms with van der Waals surface area (Å²) in [7, 11) is 0. The first-order valence-electron chi connectivity index (χ1n) is 7.20. The average molecular weight is 330 g/mol. The van der Waals surface area contributed by atoms with E-state index in [9.17, 15) is 4.79 Å². The first-order chi connectivity index (χ1) is 11.1. The molecule has 0 unspecified atom stereocenters. The Balaban J connectivity index is 1.90. The SMILES string of the molecule is CC(=O)NCCn1ccc2ncnc(Nc3cccc(Cl)c3)c21. The van der Waals surface area contributed by atoms with Crippen LogP contribution in [-0.2, 0) is 11.3 Å². The number of aromatic nitrogens is 3. The first kappa shape index (κ1) is 15.3. The summed E-state index contributed by atoms with van der Waals surface area (Å²) < 4.78 is 2.01. The Morgan fingerprint density at radius 3 is 2.96 bits per heavy atom. The molecule has 6 nitrogen and oxygen atoms in total. The number of fused-ring (bicyclic) bond motifs is 1. The second-order valence-corrected chi connectivity index (χ2v) is 5.52. The van der Waals surface area contributed by atoms with Gasteiger partial charge in [-0.15, -0.1) is 0 Å². The van der Waals surface area contributed by atoms with E-state index in [2.05, 4.69) is 20.6 Å². The average Bonchev–Trinajstić information content (AvgIpc) is 2.91. The molecule has 23 heavy (non-hydrogen) atoms. The van der Waals surface area contributed by atoms with E-state index < -0.39 is 0 Å². The molecule has 0 atom stereocenters. The molecule has 1 aromatic carbocycles. The second-order valence-electron chi connectivity index (χ2n) is 5.08. The zero-order chi connectivity index (χ0) is 16.2. The maximum Gasteiger partial charge on any atom is 0.216 e. The molecule has 7 heteroatoms. The van der Waals surface area contributed by atoms with Crippen molar-refractivity contribution in [3.05, 3.63) is 47.9 Å². The van der Waals surface area contributed by atoms with Gasteiger partial charge in [-0.1, -0.05) is 17.7 Å².